The zero-order valence-electron chi connectivity index (χ0n) is 12.4. The summed E-state index contributed by atoms with van der Waals surface area (Å²) in [5, 5.41) is 0. The molecule has 7 heteroatoms. The van der Waals surface area contributed by atoms with Gasteiger partial charge in [0.2, 0.25) is 0 Å². The first-order valence-electron chi connectivity index (χ1n) is 7.13. The molecule has 1 aliphatic heterocycles. The van der Waals surface area contributed by atoms with E-state index < -0.39 is 6.10 Å². The van der Waals surface area contributed by atoms with Crippen molar-refractivity contribution in [2.45, 2.75) is 38.5 Å². The summed E-state index contributed by atoms with van der Waals surface area (Å²) in [7, 11) is 0. The highest BCUT2D eigenvalue weighted by Gasteiger charge is 2.32. The van der Waals surface area contributed by atoms with Crippen LogP contribution in [0.1, 0.15) is 25.3 Å². The fraction of sp³-hybridized carbons (Fsp3) is 0.533. The Balaban J connectivity index is 0.00000242. The van der Waals surface area contributed by atoms with Crippen molar-refractivity contribution in [3.05, 3.63) is 34.1 Å². The van der Waals surface area contributed by atoms with E-state index >= 15 is 0 Å². The number of benzene rings is 1. The van der Waals surface area contributed by atoms with Crippen LogP contribution in [0, 0.1) is 5.82 Å². The molecule has 4 nitrogen and oxygen atoms in total. The number of nitrogens with zero attached hydrogens (tertiary/aromatic N) is 1. The normalized spacial score (nSPS) is 20.5. The zero-order chi connectivity index (χ0) is 15.4. The maximum absolute atomic E-state index is 13.8. The van der Waals surface area contributed by atoms with E-state index in [1.807, 2.05) is 6.92 Å². The summed E-state index contributed by atoms with van der Waals surface area (Å²) in [5.41, 5.74) is 6.05. The third-order valence-electron chi connectivity index (χ3n) is 3.71. The van der Waals surface area contributed by atoms with Crippen molar-refractivity contribution < 1.29 is 13.9 Å². The lowest BCUT2D eigenvalue weighted by Crippen LogP contribution is -2.39. The number of hydrogen-bond acceptors (Lipinski definition) is 3. The topological polar surface area (TPSA) is 55.6 Å². The molecule has 0 aliphatic carbocycles. The van der Waals surface area contributed by atoms with Crippen molar-refractivity contribution >= 4 is 34.2 Å². The van der Waals surface area contributed by atoms with Crippen molar-refractivity contribution in [1.82, 2.24) is 4.90 Å². The molecule has 2 N–H and O–H groups in total. The quantitative estimate of drug-likeness (QED) is 0.834. The highest BCUT2D eigenvalue weighted by molar-refractivity contribution is 9.10. The summed E-state index contributed by atoms with van der Waals surface area (Å²) in [6.45, 7) is 3.06. The Bertz CT molecular complexity index is 518. The van der Waals surface area contributed by atoms with Crippen LogP contribution in [-0.2, 0) is 16.1 Å². The molecule has 2 atom stereocenters. The number of nitrogens with two attached hydrogens (primary N) is 1. The lowest BCUT2D eigenvalue weighted by Gasteiger charge is -2.24. The molecule has 1 amide bonds. The van der Waals surface area contributed by atoms with Crippen molar-refractivity contribution in [1.29, 1.82) is 0 Å². The molecule has 1 aromatic carbocycles. The molecule has 0 saturated carbocycles. The number of likely N-dealkylation sites (N-methyl/N-ethyl adjacent to an activating group) is 1. The minimum absolute atomic E-state index is 0. The van der Waals surface area contributed by atoms with E-state index in [9.17, 15) is 9.18 Å². The third kappa shape index (κ3) is 4.65. The Morgan fingerprint density at radius 3 is 2.82 bits per heavy atom. The van der Waals surface area contributed by atoms with Gasteiger partial charge in [-0.1, -0.05) is 15.9 Å². The van der Waals surface area contributed by atoms with E-state index in [1.165, 1.54) is 6.07 Å². The maximum atomic E-state index is 13.8. The Kier molecular flexibility index (Phi) is 7.76. The Labute approximate surface area is 144 Å². The van der Waals surface area contributed by atoms with Crippen LogP contribution < -0.4 is 5.73 Å². The molecule has 0 radical (unpaired) electrons. The van der Waals surface area contributed by atoms with Crippen LogP contribution in [0.3, 0.4) is 0 Å². The van der Waals surface area contributed by atoms with Crippen molar-refractivity contribution in [3.8, 4) is 0 Å². The second-order valence-corrected chi connectivity index (χ2v) is 6.06. The number of halogens is 3. The van der Waals surface area contributed by atoms with Crippen molar-refractivity contribution in [3.63, 3.8) is 0 Å². The highest BCUT2D eigenvalue weighted by atomic mass is 79.9. The van der Waals surface area contributed by atoms with Gasteiger partial charge in [-0.25, -0.2) is 4.39 Å². The summed E-state index contributed by atoms with van der Waals surface area (Å²) in [4.78, 5) is 14.1. The van der Waals surface area contributed by atoms with Crippen LogP contribution in [0.15, 0.2) is 22.7 Å². The molecular formula is C15H21BrClFN2O2. The molecule has 0 bridgehead atoms. The lowest BCUT2D eigenvalue weighted by molar-refractivity contribution is -0.143. The minimum atomic E-state index is -0.450. The Morgan fingerprint density at radius 2 is 2.23 bits per heavy atom. The van der Waals surface area contributed by atoms with Crippen LogP contribution in [0.25, 0.3) is 0 Å². The van der Waals surface area contributed by atoms with Crippen LogP contribution in [-0.4, -0.2) is 36.1 Å². The number of hydrogen-bond donors (Lipinski definition) is 1. The monoisotopic (exact) mass is 394 g/mol. The van der Waals surface area contributed by atoms with E-state index in [1.54, 1.807) is 17.0 Å². The zero-order valence-corrected chi connectivity index (χ0v) is 14.8. The second kappa shape index (κ2) is 8.82. The smallest absolute Gasteiger partial charge is 0.252 e. The number of carbonyl (C=O) groups is 1. The van der Waals surface area contributed by atoms with Gasteiger partial charge in [-0.2, -0.15) is 0 Å². The molecule has 1 heterocycles. The molecule has 0 aromatic heterocycles. The van der Waals surface area contributed by atoms with Crippen LogP contribution in [0.5, 0.6) is 0 Å². The molecule has 22 heavy (non-hydrogen) atoms. The average molecular weight is 396 g/mol. The first-order valence-corrected chi connectivity index (χ1v) is 7.92. The van der Waals surface area contributed by atoms with E-state index in [2.05, 4.69) is 15.9 Å². The summed E-state index contributed by atoms with van der Waals surface area (Å²) in [5.74, 6) is -0.399. The first-order chi connectivity index (χ1) is 10.0. The van der Waals surface area contributed by atoms with Crippen LogP contribution in [0.2, 0.25) is 0 Å². The van der Waals surface area contributed by atoms with Gasteiger partial charge in [-0.3, -0.25) is 4.79 Å². The fourth-order valence-electron chi connectivity index (χ4n) is 2.48. The summed E-state index contributed by atoms with van der Waals surface area (Å²) in [6.07, 6.45) is 0.988. The maximum Gasteiger partial charge on any atom is 0.252 e. The average Bonchev–Trinajstić information content (AvgIpc) is 2.96. The number of carbonyl (C=O) groups excluding carboxylic acids is 1. The van der Waals surface area contributed by atoms with Gasteiger partial charge >= 0.3 is 0 Å². The minimum Gasteiger partial charge on any atom is -0.364 e. The molecule has 0 spiro atoms. The van der Waals surface area contributed by atoms with E-state index in [0.717, 1.165) is 10.9 Å². The summed E-state index contributed by atoms with van der Waals surface area (Å²) < 4.78 is 20.2. The highest BCUT2D eigenvalue weighted by Crippen LogP contribution is 2.23. The van der Waals surface area contributed by atoms with Gasteiger partial charge in [0.25, 0.3) is 5.91 Å². The van der Waals surface area contributed by atoms with Gasteiger partial charge < -0.3 is 15.4 Å². The lowest BCUT2D eigenvalue weighted by atomic mass is 10.1. The summed E-state index contributed by atoms with van der Waals surface area (Å²) in [6, 6.07) is 4.74. The number of ether oxygens (including phenoxy) is 1. The van der Waals surface area contributed by atoms with Crippen LogP contribution in [0.4, 0.5) is 4.39 Å². The Morgan fingerprint density at radius 1 is 1.50 bits per heavy atom. The van der Waals surface area contributed by atoms with Crippen molar-refractivity contribution in [2.75, 3.05) is 13.1 Å². The second-order valence-electron chi connectivity index (χ2n) is 5.15. The van der Waals surface area contributed by atoms with Gasteiger partial charge in [0.05, 0.1) is 6.10 Å². The van der Waals surface area contributed by atoms with Gasteiger partial charge in [-0.05, 0) is 38.0 Å². The number of rotatable bonds is 5. The van der Waals surface area contributed by atoms with E-state index in [-0.39, 0.29) is 36.8 Å². The molecule has 1 saturated heterocycles. The molecule has 1 aromatic rings. The van der Waals surface area contributed by atoms with Crippen LogP contribution >= 0.6 is 28.3 Å². The van der Waals surface area contributed by atoms with E-state index in [4.69, 9.17) is 10.5 Å². The largest absolute Gasteiger partial charge is 0.364 e. The standard InChI is InChI=1S/C15H20BrFN2O2.ClH/c1-2-19(9-10-7-11(16)3-5-13(10)17)15(20)14-6-4-12(8-18)21-14;/h3,5,7,12,14H,2,4,6,8-9,18H2,1H3;1H/t12-,14+;/m1./s1. The van der Waals surface area contributed by atoms with Gasteiger partial charge in [0.1, 0.15) is 11.9 Å². The predicted octanol–water partition coefficient (Wildman–Crippen LogP) is 2.86. The molecule has 1 aliphatic rings. The van der Waals surface area contributed by atoms with Crippen molar-refractivity contribution in [2.24, 2.45) is 5.73 Å². The molecular weight excluding hydrogens is 375 g/mol. The van der Waals surface area contributed by atoms with Gasteiger partial charge in [0.15, 0.2) is 0 Å². The fourth-order valence-corrected chi connectivity index (χ4v) is 2.89. The molecule has 0 unspecified atom stereocenters. The van der Waals surface area contributed by atoms with Gasteiger partial charge in [0, 0.05) is 29.7 Å². The molecule has 124 valence electrons. The van der Waals surface area contributed by atoms with E-state index in [0.29, 0.717) is 25.1 Å². The van der Waals surface area contributed by atoms with Gasteiger partial charge in [-0.15, -0.1) is 12.4 Å². The Hall–Kier alpha value is -0.690. The first kappa shape index (κ1) is 19.4. The number of amides is 1. The molecule has 2 rings (SSSR count). The predicted molar refractivity (Wildman–Crippen MR) is 89.4 cm³/mol. The molecule has 1 fully saturated rings. The third-order valence-corrected chi connectivity index (χ3v) is 4.20. The summed E-state index contributed by atoms with van der Waals surface area (Å²) >= 11 is 3.32. The SMILES string of the molecule is CCN(Cc1cc(Br)ccc1F)C(=O)[C@@H]1CC[C@H](CN)O1.Cl.